The minimum Gasteiger partial charge on any atom is -0.341 e. The van der Waals surface area contributed by atoms with Crippen molar-refractivity contribution in [1.82, 2.24) is 9.38 Å². The predicted octanol–water partition coefficient (Wildman–Crippen LogP) is 5.72. The second kappa shape index (κ2) is 5.96. The van der Waals surface area contributed by atoms with Crippen LogP contribution in [0.3, 0.4) is 0 Å². The van der Waals surface area contributed by atoms with Crippen LogP contribution in [0.5, 0.6) is 0 Å². The largest absolute Gasteiger partial charge is 0.341 e. The first-order valence-corrected chi connectivity index (χ1v) is 8.36. The van der Waals surface area contributed by atoms with Gasteiger partial charge in [0, 0.05) is 15.7 Å². The molecule has 0 aliphatic rings. The molecule has 0 saturated carbocycles. The van der Waals surface area contributed by atoms with Crippen molar-refractivity contribution in [2.75, 3.05) is 5.32 Å². The summed E-state index contributed by atoms with van der Waals surface area (Å²) in [6, 6.07) is 17.2. The lowest BCUT2D eigenvalue weighted by Gasteiger charge is -2.13. The highest BCUT2D eigenvalue weighted by atomic mass is 35.5. The van der Waals surface area contributed by atoms with Gasteiger partial charge in [-0.2, -0.15) is 5.26 Å². The summed E-state index contributed by atoms with van der Waals surface area (Å²) in [5.74, 6) is 0.790. The smallest absolute Gasteiger partial charge is 0.157 e. The van der Waals surface area contributed by atoms with Gasteiger partial charge < -0.3 is 5.32 Å². The number of aryl methyl sites for hydroxylation is 1. The number of nitrogens with one attached hydrogen (secondary N) is 1. The molecule has 0 bridgehead atoms. The van der Waals surface area contributed by atoms with E-state index in [1.54, 1.807) is 18.2 Å². The number of pyridine rings is 1. The average molecular weight is 367 g/mol. The molecule has 1 N–H and O–H groups in total. The Kier molecular flexibility index (Phi) is 3.76. The van der Waals surface area contributed by atoms with Crippen molar-refractivity contribution in [1.29, 1.82) is 5.26 Å². The lowest BCUT2D eigenvalue weighted by atomic mass is 10.1. The first-order chi connectivity index (χ1) is 12.1. The maximum atomic E-state index is 9.54. The third-order valence-electron chi connectivity index (χ3n) is 4.02. The summed E-state index contributed by atoms with van der Waals surface area (Å²) in [4.78, 5) is 4.63. The van der Waals surface area contributed by atoms with Crippen LogP contribution >= 0.6 is 23.2 Å². The van der Waals surface area contributed by atoms with Crippen molar-refractivity contribution < 1.29 is 0 Å². The van der Waals surface area contributed by atoms with E-state index in [1.165, 1.54) is 0 Å². The summed E-state index contributed by atoms with van der Waals surface area (Å²) >= 11 is 12.2. The van der Waals surface area contributed by atoms with E-state index >= 15 is 0 Å². The predicted molar refractivity (Wildman–Crippen MR) is 102 cm³/mol. The molecule has 25 heavy (non-hydrogen) atoms. The molecule has 2 aromatic carbocycles. The normalized spacial score (nSPS) is 11.0. The van der Waals surface area contributed by atoms with Gasteiger partial charge in [-0.3, -0.25) is 4.40 Å². The Bertz CT molecular complexity index is 1150. The molecule has 0 amide bonds. The molecule has 2 aromatic heterocycles. The number of imidazole rings is 1. The van der Waals surface area contributed by atoms with Crippen LogP contribution in [0.25, 0.3) is 16.7 Å². The van der Waals surface area contributed by atoms with Gasteiger partial charge in [-0.25, -0.2) is 4.98 Å². The quantitative estimate of drug-likeness (QED) is 0.493. The van der Waals surface area contributed by atoms with Crippen molar-refractivity contribution in [3.8, 4) is 6.07 Å². The Morgan fingerprint density at radius 2 is 1.80 bits per heavy atom. The molecular formula is C19H12Cl2N4. The van der Waals surface area contributed by atoms with Gasteiger partial charge >= 0.3 is 0 Å². The van der Waals surface area contributed by atoms with Gasteiger partial charge in [0.05, 0.1) is 16.6 Å². The lowest BCUT2D eigenvalue weighted by Crippen LogP contribution is -2.02. The van der Waals surface area contributed by atoms with Crippen LogP contribution in [-0.4, -0.2) is 9.38 Å². The molecule has 0 radical (unpaired) electrons. The molecule has 0 unspecified atom stereocenters. The second-order valence-corrected chi connectivity index (χ2v) is 6.61. The van der Waals surface area contributed by atoms with Crippen LogP contribution in [0.1, 0.15) is 11.1 Å². The third-order valence-corrected chi connectivity index (χ3v) is 4.46. The number of nitrogens with zero attached hydrogens (tertiary/aromatic N) is 3. The minimum absolute atomic E-state index is 0.548. The van der Waals surface area contributed by atoms with E-state index in [0.717, 1.165) is 28.1 Å². The van der Waals surface area contributed by atoms with E-state index in [4.69, 9.17) is 23.2 Å². The Morgan fingerprint density at radius 3 is 2.52 bits per heavy atom. The van der Waals surface area contributed by atoms with Crippen LogP contribution in [0.2, 0.25) is 10.0 Å². The summed E-state index contributed by atoms with van der Waals surface area (Å²) in [7, 11) is 0. The fourth-order valence-electron chi connectivity index (χ4n) is 2.96. The van der Waals surface area contributed by atoms with Crippen molar-refractivity contribution in [3.05, 3.63) is 69.7 Å². The average Bonchev–Trinajstić information content (AvgIpc) is 2.93. The number of para-hydroxylation sites is 2. The summed E-state index contributed by atoms with van der Waals surface area (Å²) in [6.07, 6.45) is 0. The van der Waals surface area contributed by atoms with Crippen LogP contribution in [0.15, 0.2) is 48.5 Å². The molecule has 0 saturated heterocycles. The van der Waals surface area contributed by atoms with Gasteiger partial charge in [-0.1, -0.05) is 35.3 Å². The number of benzene rings is 2. The van der Waals surface area contributed by atoms with E-state index < -0.39 is 0 Å². The third kappa shape index (κ3) is 2.68. The Morgan fingerprint density at radius 1 is 1.08 bits per heavy atom. The Labute approximate surface area is 154 Å². The molecule has 4 aromatic rings. The summed E-state index contributed by atoms with van der Waals surface area (Å²) in [5.41, 5.74) is 4.55. The van der Waals surface area contributed by atoms with Crippen LogP contribution in [0, 0.1) is 18.3 Å². The topological polar surface area (TPSA) is 53.1 Å². The van der Waals surface area contributed by atoms with Crippen molar-refractivity contribution >= 4 is 51.4 Å². The number of hydrogen-bond donors (Lipinski definition) is 1. The van der Waals surface area contributed by atoms with Gasteiger partial charge in [0.15, 0.2) is 5.65 Å². The highest BCUT2D eigenvalue weighted by Gasteiger charge is 2.15. The molecule has 0 spiro atoms. The molecule has 0 fully saturated rings. The number of hydrogen-bond acceptors (Lipinski definition) is 3. The number of anilines is 2. The molecule has 2 heterocycles. The standard InChI is InChI=1S/C19H12Cl2N4/c1-11-6-18(23-14-8-12(20)7-13(21)9-14)25-17-5-3-2-4-16(17)24-19(25)15(11)10-22/h2-9,23H,1H3. The Hall–Kier alpha value is -2.74. The van der Waals surface area contributed by atoms with E-state index in [0.29, 0.717) is 21.3 Å². The highest BCUT2D eigenvalue weighted by Crippen LogP contribution is 2.30. The zero-order valence-electron chi connectivity index (χ0n) is 13.2. The van der Waals surface area contributed by atoms with Crippen molar-refractivity contribution in [3.63, 3.8) is 0 Å². The lowest BCUT2D eigenvalue weighted by molar-refractivity contribution is 1.19. The summed E-state index contributed by atoms with van der Waals surface area (Å²) in [6.45, 7) is 1.90. The maximum Gasteiger partial charge on any atom is 0.157 e. The molecule has 0 aliphatic carbocycles. The summed E-state index contributed by atoms with van der Waals surface area (Å²) in [5, 5.41) is 14.0. The first kappa shape index (κ1) is 15.8. The van der Waals surface area contributed by atoms with E-state index in [9.17, 15) is 5.26 Å². The Balaban J connectivity index is 2.01. The minimum atomic E-state index is 0.548. The first-order valence-electron chi connectivity index (χ1n) is 7.61. The van der Waals surface area contributed by atoms with Gasteiger partial charge in [-0.05, 0) is 48.9 Å². The molecule has 6 heteroatoms. The fourth-order valence-corrected chi connectivity index (χ4v) is 3.49. The number of fused-ring (bicyclic) bond motifs is 3. The molecule has 0 atom stereocenters. The van der Waals surface area contributed by atoms with Gasteiger partial charge in [0.1, 0.15) is 11.9 Å². The van der Waals surface area contributed by atoms with Crippen LogP contribution in [-0.2, 0) is 0 Å². The molecular weight excluding hydrogens is 355 g/mol. The molecule has 122 valence electrons. The maximum absolute atomic E-state index is 9.54. The zero-order chi connectivity index (χ0) is 17.6. The highest BCUT2D eigenvalue weighted by molar-refractivity contribution is 6.35. The van der Waals surface area contributed by atoms with Gasteiger partial charge in [0.2, 0.25) is 0 Å². The van der Waals surface area contributed by atoms with Crippen LogP contribution in [0.4, 0.5) is 11.5 Å². The summed E-state index contributed by atoms with van der Waals surface area (Å²) < 4.78 is 1.94. The van der Waals surface area contributed by atoms with E-state index in [-0.39, 0.29) is 0 Å². The molecule has 4 nitrogen and oxygen atoms in total. The van der Waals surface area contributed by atoms with Crippen LogP contribution < -0.4 is 5.32 Å². The molecule has 4 rings (SSSR count). The zero-order valence-corrected chi connectivity index (χ0v) is 14.7. The number of nitriles is 1. The van der Waals surface area contributed by atoms with E-state index in [2.05, 4.69) is 16.4 Å². The van der Waals surface area contributed by atoms with Crippen molar-refractivity contribution in [2.24, 2.45) is 0 Å². The fraction of sp³-hybridized carbons (Fsp3) is 0.0526. The van der Waals surface area contributed by atoms with Crippen molar-refractivity contribution in [2.45, 2.75) is 6.92 Å². The number of halogens is 2. The van der Waals surface area contributed by atoms with E-state index in [1.807, 2.05) is 41.7 Å². The number of aromatic nitrogens is 2. The van der Waals surface area contributed by atoms with Gasteiger partial charge in [0.25, 0.3) is 0 Å². The molecule has 0 aliphatic heterocycles. The van der Waals surface area contributed by atoms with Gasteiger partial charge in [-0.15, -0.1) is 0 Å². The SMILES string of the molecule is Cc1cc(Nc2cc(Cl)cc(Cl)c2)n2c(nc3ccccc32)c1C#N. The second-order valence-electron chi connectivity index (χ2n) is 5.74. The number of rotatable bonds is 2. The monoisotopic (exact) mass is 366 g/mol.